The molecule has 0 saturated carbocycles. The van der Waals surface area contributed by atoms with Crippen LogP contribution in [0.1, 0.15) is 26.3 Å². The fourth-order valence-electron chi connectivity index (χ4n) is 3.35. The van der Waals surface area contributed by atoms with E-state index in [-0.39, 0.29) is 16.9 Å². The van der Waals surface area contributed by atoms with Crippen molar-refractivity contribution >= 4 is 22.5 Å². The number of carbonyl (C=O) groups excluding carboxylic acids is 2. The first-order valence-electron chi connectivity index (χ1n) is 9.03. The smallest absolute Gasteiger partial charge is 0.338 e. The van der Waals surface area contributed by atoms with Crippen LogP contribution in [-0.4, -0.2) is 23.4 Å². The van der Waals surface area contributed by atoms with Crippen molar-refractivity contribution in [2.24, 2.45) is 0 Å². The molecule has 0 aliphatic carbocycles. The average Bonchev–Trinajstić information content (AvgIpc) is 2.78. The van der Waals surface area contributed by atoms with Gasteiger partial charge in [-0.1, -0.05) is 60.7 Å². The van der Waals surface area contributed by atoms with E-state index in [0.29, 0.717) is 11.3 Å². The molecule has 0 unspecified atom stereocenters. The van der Waals surface area contributed by atoms with E-state index in [1.807, 2.05) is 36.4 Å². The number of fused-ring (bicyclic) bond motifs is 1. The van der Waals surface area contributed by atoms with E-state index in [9.17, 15) is 14.4 Å². The summed E-state index contributed by atoms with van der Waals surface area (Å²) in [4.78, 5) is 38.4. The molecule has 1 heterocycles. The van der Waals surface area contributed by atoms with Crippen LogP contribution in [-0.2, 0) is 4.74 Å². The van der Waals surface area contributed by atoms with Crippen LogP contribution in [0.4, 0.5) is 0 Å². The number of hydrogen-bond acceptors (Lipinski definition) is 4. The topological polar surface area (TPSA) is 65.4 Å². The van der Waals surface area contributed by atoms with E-state index in [1.165, 1.54) is 17.9 Å². The third-order valence-electron chi connectivity index (χ3n) is 4.77. The fraction of sp³-hybridized carbons (Fsp3) is 0.0417. The Bertz CT molecular complexity index is 1280. The highest BCUT2D eigenvalue weighted by molar-refractivity contribution is 6.19. The van der Waals surface area contributed by atoms with Crippen LogP contribution in [0.2, 0.25) is 0 Å². The number of ether oxygens (including phenoxy) is 1. The molecule has 4 aromatic rings. The van der Waals surface area contributed by atoms with Crippen LogP contribution in [0, 0.1) is 0 Å². The van der Waals surface area contributed by atoms with Gasteiger partial charge in [0.15, 0.2) is 5.78 Å². The molecule has 0 aliphatic rings. The molecular weight excluding hydrogens is 366 g/mol. The van der Waals surface area contributed by atoms with E-state index in [4.69, 9.17) is 4.74 Å². The summed E-state index contributed by atoms with van der Waals surface area (Å²) in [7, 11) is 1.22. The third-order valence-corrected chi connectivity index (χ3v) is 4.77. The Kier molecular flexibility index (Phi) is 4.79. The molecule has 4 rings (SSSR count). The van der Waals surface area contributed by atoms with Crippen LogP contribution in [0.15, 0.2) is 89.9 Å². The Balaban J connectivity index is 1.96. The summed E-state index contributed by atoms with van der Waals surface area (Å²) in [5, 5.41) is 1.68. The first kappa shape index (κ1) is 18.4. The number of ketones is 1. The summed E-state index contributed by atoms with van der Waals surface area (Å²) < 4.78 is 6.16. The molecular formula is C24H17NO4. The second-order valence-corrected chi connectivity index (χ2v) is 6.49. The quantitative estimate of drug-likeness (QED) is 0.395. The second-order valence-electron chi connectivity index (χ2n) is 6.49. The largest absolute Gasteiger partial charge is 0.465 e. The molecule has 1 aromatic heterocycles. The molecule has 0 aliphatic heterocycles. The Hall–Kier alpha value is -3.99. The van der Waals surface area contributed by atoms with Gasteiger partial charge in [0.2, 0.25) is 0 Å². The minimum atomic E-state index is -0.731. The van der Waals surface area contributed by atoms with Crippen molar-refractivity contribution in [2.45, 2.75) is 0 Å². The number of carbonyl (C=O) groups is 2. The first-order valence-corrected chi connectivity index (χ1v) is 9.03. The van der Waals surface area contributed by atoms with Crippen molar-refractivity contribution in [3.8, 4) is 5.69 Å². The summed E-state index contributed by atoms with van der Waals surface area (Å²) in [6.07, 6.45) is 1.41. The zero-order valence-electron chi connectivity index (χ0n) is 15.7. The van der Waals surface area contributed by atoms with Crippen LogP contribution >= 0.6 is 0 Å². The molecule has 0 spiro atoms. The lowest BCUT2D eigenvalue weighted by Gasteiger charge is -2.13. The summed E-state index contributed by atoms with van der Waals surface area (Å²) in [5.41, 5.74) is 0.678. The maximum Gasteiger partial charge on any atom is 0.338 e. The van der Waals surface area contributed by atoms with Crippen molar-refractivity contribution in [1.82, 2.24) is 4.57 Å². The lowest BCUT2D eigenvalue weighted by Crippen LogP contribution is -2.23. The molecule has 0 amide bonds. The summed E-state index contributed by atoms with van der Waals surface area (Å²) in [6.45, 7) is 0. The van der Waals surface area contributed by atoms with E-state index in [0.717, 1.165) is 16.8 Å². The van der Waals surface area contributed by atoms with Crippen molar-refractivity contribution in [1.29, 1.82) is 0 Å². The Morgan fingerprint density at radius 3 is 2.24 bits per heavy atom. The predicted octanol–water partition coefficient (Wildman–Crippen LogP) is 4.01. The van der Waals surface area contributed by atoms with E-state index < -0.39 is 11.5 Å². The van der Waals surface area contributed by atoms with Gasteiger partial charge >= 0.3 is 5.97 Å². The SMILES string of the molecule is COC(=O)c1cc(=O)n(-c2ccccc2)cc1C(=O)c1cccc2ccccc12. The van der Waals surface area contributed by atoms with Crippen LogP contribution in [0.5, 0.6) is 0 Å². The van der Waals surface area contributed by atoms with E-state index in [1.54, 1.807) is 36.4 Å². The summed E-state index contributed by atoms with van der Waals surface area (Å²) >= 11 is 0. The van der Waals surface area contributed by atoms with Gasteiger partial charge < -0.3 is 4.74 Å². The summed E-state index contributed by atoms with van der Waals surface area (Å²) in [6, 6.07) is 23.0. The van der Waals surface area contributed by atoms with Gasteiger partial charge in [0.1, 0.15) is 0 Å². The molecule has 0 atom stereocenters. The molecule has 29 heavy (non-hydrogen) atoms. The molecule has 5 heteroatoms. The number of aromatic nitrogens is 1. The van der Waals surface area contributed by atoms with Crippen LogP contribution in [0.3, 0.4) is 0 Å². The normalized spacial score (nSPS) is 10.7. The zero-order chi connectivity index (χ0) is 20.4. The van der Waals surface area contributed by atoms with Crippen LogP contribution in [0.25, 0.3) is 16.5 Å². The van der Waals surface area contributed by atoms with Gasteiger partial charge in [-0.05, 0) is 22.9 Å². The maximum absolute atomic E-state index is 13.5. The van der Waals surface area contributed by atoms with E-state index in [2.05, 4.69) is 0 Å². The number of nitrogens with zero attached hydrogens (tertiary/aromatic N) is 1. The minimum Gasteiger partial charge on any atom is -0.465 e. The lowest BCUT2D eigenvalue weighted by molar-refractivity contribution is 0.0597. The number of methoxy groups -OCH3 is 1. The highest BCUT2D eigenvalue weighted by atomic mass is 16.5. The monoisotopic (exact) mass is 383 g/mol. The van der Waals surface area contributed by atoms with Crippen LogP contribution < -0.4 is 5.56 Å². The average molecular weight is 383 g/mol. The van der Waals surface area contributed by atoms with Gasteiger partial charge in [-0.15, -0.1) is 0 Å². The number of para-hydroxylation sites is 1. The Morgan fingerprint density at radius 1 is 0.793 bits per heavy atom. The van der Waals surface area contributed by atoms with Gasteiger partial charge in [0.05, 0.1) is 18.2 Å². The van der Waals surface area contributed by atoms with Crippen molar-refractivity contribution in [3.63, 3.8) is 0 Å². The third kappa shape index (κ3) is 3.34. The molecule has 5 nitrogen and oxygen atoms in total. The standard InChI is InChI=1S/C24H17NO4/c1-29-24(28)20-14-22(26)25(17-10-3-2-4-11-17)15-21(20)23(27)19-13-7-9-16-8-5-6-12-18(16)19/h2-15H,1H3. The minimum absolute atomic E-state index is 0.0531. The van der Waals surface area contributed by atoms with Crippen molar-refractivity contribution in [3.05, 3.63) is 112 Å². The van der Waals surface area contributed by atoms with Crippen molar-refractivity contribution in [2.75, 3.05) is 7.11 Å². The Labute approximate surface area is 166 Å². The molecule has 0 radical (unpaired) electrons. The molecule has 142 valence electrons. The fourth-order valence-corrected chi connectivity index (χ4v) is 3.35. The summed E-state index contributed by atoms with van der Waals surface area (Å²) in [5.74, 6) is -1.09. The van der Waals surface area contributed by atoms with Gasteiger partial charge in [-0.2, -0.15) is 0 Å². The highest BCUT2D eigenvalue weighted by Gasteiger charge is 2.23. The molecule has 0 bridgehead atoms. The zero-order valence-corrected chi connectivity index (χ0v) is 15.7. The second kappa shape index (κ2) is 7.56. The first-order chi connectivity index (χ1) is 14.1. The van der Waals surface area contributed by atoms with Gasteiger partial charge in [-0.3, -0.25) is 14.2 Å². The predicted molar refractivity (Wildman–Crippen MR) is 111 cm³/mol. The van der Waals surface area contributed by atoms with E-state index >= 15 is 0 Å². The van der Waals surface area contributed by atoms with Gasteiger partial charge in [-0.25, -0.2) is 4.79 Å². The number of benzene rings is 3. The molecule has 0 N–H and O–H groups in total. The Morgan fingerprint density at radius 2 is 1.48 bits per heavy atom. The molecule has 3 aromatic carbocycles. The highest BCUT2D eigenvalue weighted by Crippen LogP contribution is 2.23. The lowest BCUT2D eigenvalue weighted by atomic mass is 9.95. The number of esters is 1. The maximum atomic E-state index is 13.5. The number of hydrogen-bond donors (Lipinski definition) is 0. The van der Waals surface area contributed by atoms with Gasteiger partial charge in [0.25, 0.3) is 5.56 Å². The van der Waals surface area contributed by atoms with Crippen molar-refractivity contribution < 1.29 is 14.3 Å². The molecule has 0 fully saturated rings. The number of pyridine rings is 1. The number of rotatable bonds is 4. The molecule has 0 saturated heterocycles. The van der Waals surface area contributed by atoms with Gasteiger partial charge in [0, 0.05) is 23.5 Å².